The van der Waals surface area contributed by atoms with Crippen LogP contribution in [0.15, 0.2) is 23.1 Å². The Morgan fingerprint density at radius 3 is 2.90 bits per heavy atom. The molecule has 0 aliphatic carbocycles. The third-order valence-electron chi connectivity index (χ3n) is 1.20. The van der Waals surface area contributed by atoms with Gasteiger partial charge in [0.1, 0.15) is 0 Å². The average Bonchev–Trinajstić information content (AvgIpc) is 1.95. The molecular formula is C6H8N2O2. The van der Waals surface area contributed by atoms with Gasteiger partial charge in [-0.2, -0.15) is 0 Å². The van der Waals surface area contributed by atoms with Crippen molar-refractivity contribution in [3.63, 3.8) is 0 Å². The second-order valence-electron chi connectivity index (χ2n) is 1.85. The first kappa shape index (κ1) is 6.82. The molecule has 1 aromatic heterocycles. The first-order valence-corrected chi connectivity index (χ1v) is 2.84. The molecule has 1 rings (SSSR count). The zero-order chi connectivity index (χ0) is 7.56. The molecule has 0 aromatic carbocycles. The highest BCUT2D eigenvalue weighted by Gasteiger charge is 1.96. The number of rotatable bonds is 1. The summed E-state index contributed by atoms with van der Waals surface area (Å²) in [5, 5.41) is 8.84. The van der Waals surface area contributed by atoms with Crippen molar-refractivity contribution in [2.24, 2.45) is 5.73 Å². The monoisotopic (exact) mass is 140 g/mol. The van der Waals surface area contributed by atoms with Gasteiger partial charge in [-0.25, -0.2) is 0 Å². The minimum absolute atomic E-state index is 0.0905. The van der Waals surface area contributed by atoms with Gasteiger partial charge >= 0.3 is 0 Å². The Morgan fingerprint density at radius 2 is 2.40 bits per heavy atom. The standard InChI is InChI=1S/C6H8N2O2/c7-4-8-3-1-2-5(9)6(8)10/h1-3,9H,4,7H2. The highest BCUT2D eigenvalue weighted by atomic mass is 16.3. The molecule has 1 aromatic rings. The van der Waals surface area contributed by atoms with Crippen LogP contribution in [-0.2, 0) is 6.67 Å². The van der Waals surface area contributed by atoms with Crippen LogP contribution in [0.3, 0.4) is 0 Å². The van der Waals surface area contributed by atoms with E-state index in [1.807, 2.05) is 0 Å². The van der Waals surface area contributed by atoms with Crippen LogP contribution in [0.5, 0.6) is 5.75 Å². The van der Waals surface area contributed by atoms with Crippen LogP contribution in [-0.4, -0.2) is 9.67 Å². The van der Waals surface area contributed by atoms with E-state index < -0.39 is 5.56 Å². The minimum atomic E-state index is -0.454. The maximum atomic E-state index is 10.8. The summed E-state index contributed by atoms with van der Waals surface area (Å²) in [6.07, 6.45) is 1.52. The normalized spacial score (nSPS) is 9.70. The van der Waals surface area contributed by atoms with Crippen LogP contribution < -0.4 is 11.3 Å². The van der Waals surface area contributed by atoms with Gasteiger partial charge in [0.25, 0.3) is 5.56 Å². The Morgan fingerprint density at radius 1 is 1.70 bits per heavy atom. The summed E-state index contributed by atoms with van der Waals surface area (Å²) in [5.74, 6) is -0.270. The van der Waals surface area contributed by atoms with Gasteiger partial charge in [0.05, 0.1) is 6.67 Å². The Labute approximate surface area is 57.5 Å². The molecule has 54 valence electrons. The number of nitrogens with two attached hydrogens (primary N) is 1. The molecule has 0 aliphatic rings. The summed E-state index contributed by atoms with van der Waals surface area (Å²) in [4.78, 5) is 10.8. The molecule has 0 unspecified atom stereocenters. The molecule has 0 amide bonds. The van der Waals surface area contributed by atoms with Crippen molar-refractivity contribution in [2.75, 3.05) is 0 Å². The zero-order valence-corrected chi connectivity index (χ0v) is 5.32. The summed E-state index contributed by atoms with van der Waals surface area (Å²) in [6, 6.07) is 2.89. The highest BCUT2D eigenvalue weighted by molar-refractivity contribution is 5.14. The van der Waals surface area contributed by atoms with E-state index in [1.54, 1.807) is 6.07 Å². The van der Waals surface area contributed by atoms with Crippen molar-refractivity contribution < 1.29 is 5.11 Å². The SMILES string of the molecule is NCn1cccc(O)c1=O. The highest BCUT2D eigenvalue weighted by Crippen LogP contribution is 1.95. The Balaban J connectivity index is 3.28. The molecule has 0 spiro atoms. The Bertz CT molecular complexity index is 279. The third-order valence-corrected chi connectivity index (χ3v) is 1.20. The zero-order valence-electron chi connectivity index (χ0n) is 5.32. The van der Waals surface area contributed by atoms with Crippen LogP contribution in [0.25, 0.3) is 0 Å². The molecule has 0 fully saturated rings. The minimum Gasteiger partial charge on any atom is -0.503 e. The lowest BCUT2D eigenvalue weighted by Gasteiger charge is -1.99. The number of hydrogen-bond acceptors (Lipinski definition) is 3. The lowest BCUT2D eigenvalue weighted by Crippen LogP contribution is -2.22. The summed E-state index contributed by atoms with van der Waals surface area (Å²) < 4.78 is 1.22. The van der Waals surface area contributed by atoms with Gasteiger partial charge in [-0.1, -0.05) is 0 Å². The van der Waals surface area contributed by atoms with Crippen LogP contribution in [0.4, 0.5) is 0 Å². The van der Waals surface area contributed by atoms with Gasteiger partial charge in [-0.05, 0) is 12.1 Å². The van der Waals surface area contributed by atoms with Gasteiger partial charge < -0.3 is 10.8 Å². The fraction of sp³-hybridized carbons (Fsp3) is 0.167. The first-order valence-electron chi connectivity index (χ1n) is 2.84. The molecule has 0 saturated heterocycles. The van der Waals surface area contributed by atoms with Gasteiger partial charge in [-0.15, -0.1) is 0 Å². The first-order chi connectivity index (χ1) is 4.75. The summed E-state index contributed by atoms with van der Waals surface area (Å²) in [5.41, 5.74) is 4.72. The molecule has 10 heavy (non-hydrogen) atoms. The molecular weight excluding hydrogens is 132 g/mol. The largest absolute Gasteiger partial charge is 0.503 e. The number of aromatic hydroxyl groups is 1. The second kappa shape index (κ2) is 2.53. The Hall–Kier alpha value is -1.29. The molecule has 3 N–H and O–H groups in total. The summed E-state index contributed by atoms with van der Waals surface area (Å²) >= 11 is 0. The van der Waals surface area contributed by atoms with Crippen molar-refractivity contribution in [1.82, 2.24) is 4.57 Å². The fourth-order valence-corrected chi connectivity index (χ4v) is 0.668. The van der Waals surface area contributed by atoms with E-state index >= 15 is 0 Å². The molecule has 0 atom stereocenters. The third kappa shape index (κ3) is 1.01. The number of aromatic nitrogens is 1. The summed E-state index contributed by atoms with van der Waals surface area (Å²) in [6.45, 7) is 0.0905. The predicted octanol–water partition coefficient (Wildman–Crippen LogP) is -0.530. The maximum Gasteiger partial charge on any atom is 0.293 e. The molecule has 0 saturated carbocycles. The van der Waals surface area contributed by atoms with E-state index in [0.29, 0.717) is 0 Å². The number of hydrogen-bond donors (Lipinski definition) is 2. The van der Waals surface area contributed by atoms with E-state index in [-0.39, 0.29) is 12.4 Å². The van der Waals surface area contributed by atoms with Crippen LogP contribution in [0, 0.1) is 0 Å². The quantitative estimate of drug-likeness (QED) is 0.551. The van der Waals surface area contributed by atoms with E-state index in [1.165, 1.54) is 16.8 Å². The molecule has 0 aliphatic heterocycles. The topological polar surface area (TPSA) is 68.2 Å². The molecule has 4 nitrogen and oxygen atoms in total. The van der Waals surface area contributed by atoms with Crippen LogP contribution >= 0.6 is 0 Å². The smallest absolute Gasteiger partial charge is 0.293 e. The Kier molecular flexibility index (Phi) is 1.73. The van der Waals surface area contributed by atoms with Gasteiger partial charge in [0.15, 0.2) is 5.75 Å². The van der Waals surface area contributed by atoms with E-state index in [4.69, 9.17) is 10.8 Å². The van der Waals surface area contributed by atoms with E-state index in [9.17, 15) is 4.79 Å². The lowest BCUT2D eigenvalue weighted by atomic mass is 10.4. The average molecular weight is 140 g/mol. The van der Waals surface area contributed by atoms with E-state index in [2.05, 4.69) is 0 Å². The van der Waals surface area contributed by atoms with Crippen LogP contribution in [0.2, 0.25) is 0 Å². The molecule has 0 bridgehead atoms. The van der Waals surface area contributed by atoms with E-state index in [0.717, 1.165) is 0 Å². The predicted molar refractivity (Wildman–Crippen MR) is 36.6 cm³/mol. The van der Waals surface area contributed by atoms with Crippen LogP contribution in [0.1, 0.15) is 0 Å². The van der Waals surface area contributed by atoms with Crippen molar-refractivity contribution in [1.29, 1.82) is 0 Å². The van der Waals surface area contributed by atoms with Gasteiger partial charge in [0.2, 0.25) is 0 Å². The number of nitrogens with zero attached hydrogens (tertiary/aromatic N) is 1. The molecule has 4 heteroatoms. The molecule has 1 heterocycles. The molecule has 0 radical (unpaired) electrons. The lowest BCUT2D eigenvalue weighted by molar-refractivity contribution is 0.457. The number of pyridine rings is 1. The van der Waals surface area contributed by atoms with Crippen molar-refractivity contribution >= 4 is 0 Å². The maximum absolute atomic E-state index is 10.8. The van der Waals surface area contributed by atoms with Crippen molar-refractivity contribution in [3.05, 3.63) is 28.7 Å². The van der Waals surface area contributed by atoms with Gasteiger partial charge in [-0.3, -0.25) is 9.36 Å². The second-order valence-corrected chi connectivity index (χ2v) is 1.85. The summed E-state index contributed by atoms with van der Waals surface area (Å²) in [7, 11) is 0. The fourth-order valence-electron chi connectivity index (χ4n) is 0.668. The van der Waals surface area contributed by atoms with Crippen molar-refractivity contribution in [2.45, 2.75) is 6.67 Å². The van der Waals surface area contributed by atoms with Gasteiger partial charge in [0, 0.05) is 6.20 Å². The van der Waals surface area contributed by atoms with Crippen molar-refractivity contribution in [3.8, 4) is 5.75 Å².